The number of rotatable bonds is 2. The van der Waals surface area contributed by atoms with Crippen molar-refractivity contribution in [2.45, 2.75) is 44.8 Å². The maximum atomic E-state index is 12.0. The van der Waals surface area contributed by atoms with Gasteiger partial charge in [0, 0.05) is 20.0 Å². The van der Waals surface area contributed by atoms with Gasteiger partial charge in [0.05, 0.1) is 0 Å². The van der Waals surface area contributed by atoms with Crippen molar-refractivity contribution in [3.8, 4) is 0 Å². The summed E-state index contributed by atoms with van der Waals surface area (Å²) in [6, 6.07) is 0. The lowest BCUT2D eigenvalue weighted by atomic mass is 9.77. The molecule has 1 aliphatic heterocycles. The summed E-state index contributed by atoms with van der Waals surface area (Å²) in [7, 11) is 3.76. The van der Waals surface area contributed by atoms with Gasteiger partial charge in [0.1, 0.15) is 11.1 Å². The summed E-state index contributed by atoms with van der Waals surface area (Å²) in [5.41, 5.74) is 0.401. The Morgan fingerprint density at radius 1 is 1.53 bits per heavy atom. The topological polar surface area (TPSA) is 32.8 Å². The standard InChI is InChI=1S/C13H22N2O2/c1-9(2)10-7-8-12(3)13(10,4)15(14(5)6)11(16)17-12/h10H,1,7-8H2,2-6H3. The molecule has 1 aliphatic carbocycles. The third-order valence-corrected chi connectivity index (χ3v) is 4.58. The van der Waals surface area contributed by atoms with Crippen LogP contribution >= 0.6 is 0 Å². The zero-order chi connectivity index (χ0) is 13.0. The predicted octanol–water partition coefficient (Wildman–Crippen LogP) is 2.42. The Balaban J connectivity index is 2.50. The summed E-state index contributed by atoms with van der Waals surface area (Å²) >= 11 is 0. The van der Waals surface area contributed by atoms with Gasteiger partial charge in [-0.1, -0.05) is 12.2 Å². The van der Waals surface area contributed by atoms with Crippen LogP contribution in [0.2, 0.25) is 0 Å². The second-order valence-electron chi connectivity index (χ2n) is 5.84. The number of hydrogen-bond donors (Lipinski definition) is 0. The molecule has 1 saturated heterocycles. The Kier molecular flexibility index (Phi) is 2.54. The second-order valence-corrected chi connectivity index (χ2v) is 5.84. The monoisotopic (exact) mass is 238 g/mol. The quantitative estimate of drug-likeness (QED) is 0.693. The Bertz CT molecular complexity index is 380. The Morgan fingerprint density at radius 3 is 2.59 bits per heavy atom. The summed E-state index contributed by atoms with van der Waals surface area (Å²) in [6.07, 6.45) is 1.68. The van der Waals surface area contributed by atoms with Crippen LogP contribution in [0.15, 0.2) is 12.2 Å². The van der Waals surface area contributed by atoms with E-state index in [1.807, 2.05) is 33.0 Å². The SMILES string of the molecule is C=C(C)C1CCC2(C)OC(=O)N(N(C)C)C12C. The number of carbonyl (C=O) groups excluding carboxylic acids is 1. The van der Waals surface area contributed by atoms with Gasteiger partial charge in [-0.2, -0.15) is 0 Å². The normalized spacial score (nSPS) is 40.7. The van der Waals surface area contributed by atoms with Crippen molar-refractivity contribution in [3.05, 3.63) is 12.2 Å². The van der Waals surface area contributed by atoms with E-state index in [0.717, 1.165) is 18.4 Å². The summed E-state index contributed by atoms with van der Waals surface area (Å²) < 4.78 is 5.63. The minimum Gasteiger partial charge on any atom is -0.440 e. The van der Waals surface area contributed by atoms with Crippen LogP contribution in [0.1, 0.15) is 33.6 Å². The van der Waals surface area contributed by atoms with Crippen LogP contribution in [0.4, 0.5) is 4.79 Å². The molecule has 2 rings (SSSR count). The van der Waals surface area contributed by atoms with Gasteiger partial charge in [-0.05, 0) is 33.6 Å². The first-order chi connectivity index (χ1) is 7.74. The number of hydrogen-bond acceptors (Lipinski definition) is 3. The Labute approximate surface area is 103 Å². The van der Waals surface area contributed by atoms with Crippen molar-refractivity contribution >= 4 is 6.09 Å². The van der Waals surface area contributed by atoms with E-state index in [2.05, 4.69) is 13.5 Å². The number of nitrogens with zero attached hydrogens (tertiary/aromatic N) is 2. The molecule has 17 heavy (non-hydrogen) atoms. The van der Waals surface area contributed by atoms with Gasteiger partial charge in [0.2, 0.25) is 0 Å². The van der Waals surface area contributed by atoms with Crippen LogP contribution in [-0.2, 0) is 4.74 Å². The fraction of sp³-hybridized carbons (Fsp3) is 0.769. The van der Waals surface area contributed by atoms with Gasteiger partial charge >= 0.3 is 6.09 Å². The van der Waals surface area contributed by atoms with Crippen molar-refractivity contribution in [3.63, 3.8) is 0 Å². The third kappa shape index (κ3) is 1.36. The summed E-state index contributed by atoms with van der Waals surface area (Å²) in [5, 5.41) is 3.58. The van der Waals surface area contributed by atoms with E-state index in [4.69, 9.17) is 4.74 Å². The van der Waals surface area contributed by atoms with Crippen molar-refractivity contribution in [1.82, 2.24) is 10.0 Å². The lowest BCUT2D eigenvalue weighted by Gasteiger charge is -2.43. The summed E-state index contributed by atoms with van der Waals surface area (Å²) in [4.78, 5) is 12.0. The molecule has 3 atom stereocenters. The third-order valence-electron chi connectivity index (χ3n) is 4.58. The molecule has 0 aromatic rings. The number of carbonyl (C=O) groups is 1. The van der Waals surface area contributed by atoms with E-state index < -0.39 is 5.60 Å². The molecule has 3 unspecified atom stereocenters. The minimum atomic E-state index is -0.405. The number of fused-ring (bicyclic) bond motifs is 1. The van der Waals surface area contributed by atoms with Crippen molar-refractivity contribution < 1.29 is 9.53 Å². The second kappa shape index (κ2) is 3.48. The van der Waals surface area contributed by atoms with Gasteiger partial charge in [-0.25, -0.2) is 14.8 Å². The highest BCUT2D eigenvalue weighted by atomic mass is 16.6. The van der Waals surface area contributed by atoms with Crippen molar-refractivity contribution in [1.29, 1.82) is 0 Å². The fourth-order valence-corrected chi connectivity index (χ4v) is 3.58. The van der Waals surface area contributed by atoms with Crippen LogP contribution in [0, 0.1) is 5.92 Å². The zero-order valence-corrected chi connectivity index (χ0v) is 11.4. The van der Waals surface area contributed by atoms with E-state index in [1.165, 1.54) is 0 Å². The molecule has 4 nitrogen and oxygen atoms in total. The molecule has 0 bridgehead atoms. The summed E-state index contributed by atoms with van der Waals surface area (Å²) in [6.45, 7) is 10.3. The highest BCUT2D eigenvalue weighted by Crippen LogP contribution is 2.55. The molecule has 2 fully saturated rings. The fourth-order valence-electron chi connectivity index (χ4n) is 3.58. The van der Waals surface area contributed by atoms with E-state index >= 15 is 0 Å². The smallest absolute Gasteiger partial charge is 0.425 e. The number of amides is 1. The van der Waals surface area contributed by atoms with Gasteiger partial charge < -0.3 is 4.74 Å². The minimum absolute atomic E-state index is 0.244. The molecule has 1 heterocycles. The first-order valence-electron chi connectivity index (χ1n) is 6.10. The molecule has 0 N–H and O–H groups in total. The molecular formula is C13H22N2O2. The first-order valence-corrected chi connectivity index (χ1v) is 6.10. The van der Waals surface area contributed by atoms with E-state index in [0.29, 0.717) is 5.92 Å². The molecule has 96 valence electrons. The zero-order valence-electron chi connectivity index (χ0n) is 11.4. The average molecular weight is 238 g/mol. The van der Waals surface area contributed by atoms with Gasteiger partial charge in [0.25, 0.3) is 0 Å². The van der Waals surface area contributed by atoms with Crippen molar-refractivity contribution in [2.75, 3.05) is 14.1 Å². The van der Waals surface area contributed by atoms with Crippen LogP contribution in [0.5, 0.6) is 0 Å². The highest BCUT2D eigenvalue weighted by molar-refractivity contribution is 5.73. The maximum Gasteiger partial charge on any atom is 0.425 e. The van der Waals surface area contributed by atoms with Crippen LogP contribution < -0.4 is 0 Å². The largest absolute Gasteiger partial charge is 0.440 e. The number of hydrazine groups is 1. The Hall–Kier alpha value is -1.03. The lowest BCUT2D eigenvalue weighted by Crippen LogP contribution is -2.59. The van der Waals surface area contributed by atoms with Gasteiger partial charge in [0.15, 0.2) is 0 Å². The Morgan fingerprint density at radius 2 is 2.12 bits per heavy atom. The van der Waals surface area contributed by atoms with Crippen molar-refractivity contribution in [2.24, 2.45) is 5.92 Å². The summed E-state index contributed by atoms with van der Waals surface area (Å²) in [5.74, 6) is 0.293. The van der Waals surface area contributed by atoms with E-state index in [-0.39, 0.29) is 11.6 Å². The highest BCUT2D eigenvalue weighted by Gasteiger charge is 2.67. The molecule has 2 aliphatic rings. The van der Waals surface area contributed by atoms with E-state index in [9.17, 15) is 4.79 Å². The molecule has 0 radical (unpaired) electrons. The molecule has 1 amide bonds. The molecule has 1 saturated carbocycles. The molecular weight excluding hydrogens is 216 g/mol. The predicted molar refractivity (Wildman–Crippen MR) is 66.4 cm³/mol. The number of ether oxygens (including phenoxy) is 1. The van der Waals surface area contributed by atoms with Crippen LogP contribution in [-0.4, -0.2) is 41.3 Å². The maximum absolute atomic E-state index is 12.0. The molecule has 4 heteroatoms. The first kappa shape index (κ1) is 12.4. The van der Waals surface area contributed by atoms with Crippen LogP contribution in [0.25, 0.3) is 0 Å². The van der Waals surface area contributed by atoms with Gasteiger partial charge in [-0.15, -0.1) is 0 Å². The average Bonchev–Trinajstić information content (AvgIpc) is 2.48. The molecule has 0 aromatic heterocycles. The lowest BCUT2D eigenvalue weighted by molar-refractivity contribution is -0.0429. The molecule has 0 aromatic carbocycles. The molecule has 0 spiro atoms. The van der Waals surface area contributed by atoms with Crippen LogP contribution in [0.3, 0.4) is 0 Å². The van der Waals surface area contributed by atoms with E-state index in [1.54, 1.807) is 5.01 Å². The van der Waals surface area contributed by atoms with Gasteiger partial charge in [-0.3, -0.25) is 0 Å².